The zero-order chi connectivity index (χ0) is 13.2. The van der Waals surface area contributed by atoms with Gasteiger partial charge >= 0.3 is 5.97 Å². The van der Waals surface area contributed by atoms with Crippen molar-refractivity contribution in [3.63, 3.8) is 0 Å². The molecule has 1 rings (SSSR count). The normalized spacial score (nSPS) is 18.6. The fraction of sp³-hybridized carbons (Fsp3) is 0.929. The van der Waals surface area contributed by atoms with E-state index in [0.29, 0.717) is 31.4 Å². The summed E-state index contributed by atoms with van der Waals surface area (Å²) in [5, 5.41) is 0. The third-order valence-electron chi connectivity index (χ3n) is 3.73. The van der Waals surface area contributed by atoms with Gasteiger partial charge in [-0.2, -0.15) is 0 Å². The van der Waals surface area contributed by atoms with E-state index in [1.807, 2.05) is 0 Å². The van der Waals surface area contributed by atoms with Crippen molar-refractivity contribution in [2.45, 2.75) is 45.4 Å². The lowest BCUT2D eigenvalue weighted by atomic mass is 9.97. The maximum absolute atomic E-state index is 11.6. The van der Waals surface area contributed by atoms with Gasteiger partial charge in [-0.1, -0.05) is 13.3 Å². The summed E-state index contributed by atoms with van der Waals surface area (Å²) in [4.78, 5) is 11.6. The van der Waals surface area contributed by atoms with Gasteiger partial charge in [0.1, 0.15) is 0 Å². The maximum atomic E-state index is 11.6. The number of hydrogen-bond acceptors (Lipinski definition) is 4. The highest BCUT2D eigenvalue weighted by Crippen LogP contribution is 2.17. The van der Waals surface area contributed by atoms with Gasteiger partial charge in [-0.25, -0.2) is 0 Å². The Bertz CT molecular complexity index is 216. The predicted octanol–water partition coefficient (Wildman–Crippen LogP) is 2.11. The van der Waals surface area contributed by atoms with Gasteiger partial charge in [-0.05, 0) is 44.1 Å². The lowest BCUT2D eigenvalue weighted by Gasteiger charge is -2.21. The molecule has 1 unspecified atom stereocenters. The van der Waals surface area contributed by atoms with Crippen LogP contribution in [0.1, 0.15) is 45.4 Å². The lowest BCUT2D eigenvalue weighted by molar-refractivity contribution is -0.146. The molecule has 2 N–H and O–H groups in total. The number of nitrogens with two attached hydrogens (primary N) is 1. The van der Waals surface area contributed by atoms with Crippen LogP contribution in [0, 0.1) is 11.8 Å². The number of esters is 1. The van der Waals surface area contributed by atoms with Gasteiger partial charge in [0, 0.05) is 19.6 Å². The molecular formula is C14H27NO3. The molecule has 0 saturated carbocycles. The largest absolute Gasteiger partial charge is 0.465 e. The lowest BCUT2D eigenvalue weighted by Crippen LogP contribution is -2.22. The summed E-state index contributed by atoms with van der Waals surface area (Å²) in [5.41, 5.74) is 5.54. The zero-order valence-corrected chi connectivity index (χ0v) is 11.5. The molecule has 0 aromatic rings. The van der Waals surface area contributed by atoms with Crippen LogP contribution in [0.2, 0.25) is 0 Å². The highest BCUT2D eigenvalue weighted by atomic mass is 16.5. The Morgan fingerprint density at radius 1 is 1.39 bits per heavy atom. The first-order valence-electron chi connectivity index (χ1n) is 7.19. The molecule has 0 spiro atoms. The topological polar surface area (TPSA) is 61.6 Å². The first-order valence-corrected chi connectivity index (χ1v) is 7.19. The van der Waals surface area contributed by atoms with Crippen molar-refractivity contribution in [2.75, 3.05) is 26.4 Å². The van der Waals surface area contributed by atoms with E-state index in [4.69, 9.17) is 15.2 Å². The Hall–Kier alpha value is -0.610. The summed E-state index contributed by atoms with van der Waals surface area (Å²) in [5.74, 6) is 0.997. The Labute approximate surface area is 110 Å². The minimum absolute atomic E-state index is 0.0584. The third kappa shape index (κ3) is 6.36. The molecule has 4 nitrogen and oxygen atoms in total. The number of carbonyl (C=O) groups excluding carboxylic acids is 1. The maximum Gasteiger partial charge on any atom is 0.305 e. The van der Waals surface area contributed by atoms with Gasteiger partial charge in [0.2, 0.25) is 0 Å². The molecule has 4 heteroatoms. The van der Waals surface area contributed by atoms with Crippen LogP contribution in [-0.2, 0) is 14.3 Å². The summed E-state index contributed by atoms with van der Waals surface area (Å²) in [6, 6.07) is 0. The minimum Gasteiger partial charge on any atom is -0.465 e. The van der Waals surface area contributed by atoms with Crippen LogP contribution in [0.3, 0.4) is 0 Å². The highest BCUT2D eigenvalue weighted by molar-refractivity contribution is 5.69. The third-order valence-corrected chi connectivity index (χ3v) is 3.73. The van der Waals surface area contributed by atoms with E-state index in [2.05, 4.69) is 6.92 Å². The van der Waals surface area contributed by atoms with Gasteiger partial charge in [0.05, 0.1) is 6.61 Å². The Morgan fingerprint density at radius 3 is 2.72 bits per heavy atom. The van der Waals surface area contributed by atoms with Gasteiger partial charge in [0.25, 0.3) is 0 Å². The first kappa shape index (κ1) is 15.4. The molecule has 106 valence electrons. The van der Waals surface area contributed by atoms with E-state index < -0.39 is 0 Å². The number of rotatable bonds is 8. The van der Waals surface area contributed by atoms with Crippen molar-refractivity contribution in [2.24, 2.45) is 17.6 Å². The first-order chi connectivity index (χ1) is 8.76. The van der Waals surface area contributed by atoms with Crippen LogP contribution < -0.4 is 5.73 Å². The van der Waals surface area contributed by atoms with Crippen molar-refractivity contribution >= 4 is 5.97 Å². The second-order valence-corrected chi connectivity index (χ2v) is 5.13. The smallest absolute Gasteiger partial charge is 0.305 e. The number of carbonyl (C=O) groups is 1. The Morgan fingerprint density at radius 2 is 2.11 bits per heavy atom. The monoisotopic (exact) mass is 257 g/mol. The summed E-state index contributed by atoms with van der Waals surface area (Å²) < 4.78 is 10.6. The molecule has 0 aromatic carbocycles. The summed E-state index contributed by atoms with van der Waals surface area (Å²) >= 11 is 0. The SMILES string of the molecule is CCC(CCN)CCC(=O)OCC1CCOCC1. The molecule has 0 aliphatic carbocycles. The van der Waals surface area contributed by atoms with E-state index in [9.17, 15) is 4.79 Å². The van der Waals surface area contributed by atoms with Gasteiger partial charge in [-0.15, -0.1) is 0 Å². The fourth-order valence-electron chi connectivity index (χ4n) is 2.31. The van der Waals surface area contributed by atoms with Crippen molar-refractivity contribution in [3.8, 4) is 0 Å². The number of hydrogen-bond donors (Lipinski definition) is 1. The van der Waals surface area contributed by atoms with Crippen LogP contribution in [0.4, 0.5) is 0 Å². The number of ether oxygens (including phenoxy) is 2. The van der Waals surface area contributed by atoms with E-state index in [1.54, 1.807) is 0 Å². The molecule has 1 atom stereocenters. The molecule has 1 heterocycles. The molecule has 0 amide bonds. The molecule has 0 aromatic heterocycles. The van der Waals surface area contributed by atoms with E-state index in [0.717, 1.165) is 45.3 Å². The standard InChI is InChI=1S/C14H27NO3/c1-2-12(5-8-15)3-4-14(16)18-11-13-6-9-17-10-7-13/h12-13H,2-11,15H2,1H3. The molecule has 18 heavy (non-hydrogen) atoms. The molecule has 1 aliphatic rings. The highest BCUT2D eigenvalue weighted by Gasteiger charge is 2.16. The van der Waals surface area contributed by atoms with Gasteiger partial charge in [-0.3, -0.25) is 4.79 Å². The second kappa shape index (κ2) is 9.34. The minimum atomic E-state index is -0.0584. The fourth-order valence-corrected chi connectivity index (χ4v) is 2.31. The van der Waals surface area contributed by atoms with E-state index in [-0.39, 0.29) is 5.97 Å². The summed E-state index contributed by atoms with van der Waals surface area (Å²) in [6.45, 7) is 5.02. The quantitative estimate of drug-likeness (QED) is 0.677. The van der Waals surface area contributed by atoms with Crippen molar-refractivity contribution in [1.29, 1.82) is 0 Å². The second-order valence-electron chi connectivity index (χ2n) is 5.13. The van der Waals surface area contributed by atoms with Gasteiger partial charge < -0.3 is 15.2 Å². The van der Waals surface area contributed by atoms with Crippen LogP contribution in [0.5, 0.6) is 0 Å². The summed E-state index contributed by atoms with van der Waals surface area (Å²) in [6.07, 6.45) is 5.55. The van der Waals surface area contributed by atoms with E-state index >= 15 is 0 Å². The van der Waals surface area contributed by atoms with Crippen molar-refractivity contribution in [1.82, 2.24) is 0 Å². The average Bonchev–Trinajstić information content (AvgIpc) is 2.42. The van der Waals surface area contributed by atoms with Crippen molar-refractivity contribution < 1.29 is 14.3 Å². The summed E-state index contributed by atoms with van der Waals surface area (Å²) in [7, 11) is 0. The molecule has 1 aliphatic heterocycles. The molecule has 1 fully saturated rings. The van der Waals surface area contributed by atoms with Gasteiger partial charge in [0.15, 0.2) is 0 Å². The van der Waals surface area contributed by atoms with Crippen LogP contribution >= 0.6 is 0 Å². The molecule has 1 saturated heterocycles. The molecule has 0 radical (unpaired) electrons. The van der Waals surface area contributed by atoms with E-state index in [1.165, 1.54) is 0 Å². The zero-order valence-electron chi connectivity index (χ0n) is 11.5. The Kier molecular flexibility index (Phi) is 8.01. The van der Waals surface area contributed by atoms with Crippen LogP contribution in [-0.4, -0.2) is 32.3 Å². The van der Waals surface area contributed by atoms with Crippen LogP contribution in [0.15, 0.2) is 0 Å². The van der Waals surface area contributed by atoms with Crippen LogP contribution in [0.25, 0.3) is 0 Å². The predicted molar refractivity (Wildman–Crippen MR) is 71.2 cm³/mol. The molecule has 0 bridgehead atoms. The molecular weight excluding hydrogens is 230 g/mol. The Balaban J connectivity index is 2.08. The van der Waals surface area contributed by atoms with Crippen molar-refractivity contribution in [3.05, 3.63) is 0 Å². The average molecular weight is 257 g/mol.